The van der Waals surface area contributed by atoms with Gasteiger partial charge in [-0.1, -0.05) is 6.92 Å². The number of carbonyl (C=O) groups is 1. The number of ether oxygens (including phenoxy) is 2. The molecule has 2 N–H and O–H groups in total. The summed E-state index contributed by atoms with van der Waals surface area (Å²) in [5.41, 5.74) is 2.29. The summed E-state index contributed by atoms with van der Waals surface area (Å²) >= 11 is 0. The van der Waals surface area contributed by atoms with Crippen LogP contribution >= 0.6 is 0 Å². The largest absolute Gasteiger partial charge is 0.504 e. The van der Waals surface area contributed by atoms with Crippen LogP contribution in [0, 0.1) is 0 Å². The Morgan fingerprint density at radius 3 is 2.83 bits per heavy atom. The standard InChI is InChI=1S/C22H18N2O6/c1-2-22(28)13-7-15-18-11(8-24(15)20(26)12(13)9-30-21(22)27)10-5-6-29-19-16(25)4-3-14(23-18)17(10)19/h3-4,7,25,28H,2,5-6,8-9H2,1H3/t22-/m0/s1. The molecule has 8 nitrogen and oxygen atoms in total. The zero-order chi connectivity index (χ0) is 20.8. The second-order valence-corrected chi connectivity index (χ2v) is 7.93. The molecule has 0 fully saturated rings. The van der Waals surface area contributed by atoms with Crippen molar-refractivity contribution >= 4 is 16.9 Å². The fraction of sp³-hybridized carbons (Fsp3) is 0.318. The normalized spacial score (nSPS) is 20.9. The van der Waals surface area contributed by atoms with E-state index in [9.17, 15) is 19.8 Å². The van der Waals surface area contributed by atoms with Crippen molar-refractivity contribution < 1.29 is 24.5 Å². The molecule has 0 aliphatic carbocycles. The Bertz CT molecular complexity index is 1360. The first-order chi connectivity index (χ1) is 14.4. The third-order valence-electron chi connectivity index (χ3n) is 6.50. The van der Waals surface area contributed by atoms with Gasteiger partial charge in [-0.05, 0) is 30.2 Å². The zero-order valence-corrected chi connectivity index (χ0v) is 16.2. The van der Waals surface area contributed by atoms with Crippen molar-refractivity contribution in [3.05, 3.63) is 50.8 Å². The van der Waals surface area contributed by atoms with Gasteiger partial charge in [-0.25, -0.2) is 9.78 Å². The first kappa shape index (κ1) is 17.5. The van der Waals surface area contributed by atoms with Crippen molar-refractivity contribution in [1.29, 1.82) is 0 Å². The van der Waals surface area contributed by atoms with Gasteiger partial charge in [0.15, 0.2) is 17.1 Å². The van der Waals surface area contributed by atoms with Crippen LogP contribution in [0.1, 0.15) is 35.6 Å². The fourth-order valence-electron chi connectivity index (χ4n) is 4.90. The number of hydrogen-bond donors (Lipinski definition) is 2. The van der Waals surface area contributed by atoms with Crippen LogP contribution in [0.15, 0.2) is 23.0 Å². The topological polar surface area (TPSA) is 111 Å². The molecule has 3 aliphatic heterocycles. The van der Waals surface area contributed by atoms with E-state index in [0.717, 1.165) is 16.5 Å². The van der Waals surface area contributed by atoms with E-state index in [1.165, 1.54) is 0 Å². The monoisotopic (exact) mass is 406 g/mol. The molecule has 30 heavy (non-hydrogen) atoms. The number of hydrogen-bond acceptors (Lipinski definition) is 7. The highest BCUT2D eigenvalue weighted by atomic mass is 16.6. The Balaban J connectivity index is 1.68. The van der Waals surface area contributed by atoms with Crippen molar-refractivity contribution in [1.82, 2.24) is 9.55 Å². The zero-order valence-electron chi connectivity index (χ0n) is 16.2. The van der Waals surface area contributed by atoms with Crippen LogP contribution in [0.25, 0.3) is 22.3 Å². The van der Waals surface area contributed by atoms with Gasteiger partial charge in [0.2, 0.25) is 0 Å². The highest BCUT2D eigenvalue weighted by Gasteiger charge is 2.45. The Kier molecular flexibility index (Phi) is 3.26. The predicted octanol–water partition coefficient (Wildman–Crippen LogP) is 1.72. The number of aromatic hydroxyl groups is 1. The summed E-state index contributed by atoms with van der Waals surface area (Å²) in [5, 5.41) is 21.9. The molecule has 2 aromatic heterocycles. The lowest BCUT2D eigenvalue weighted by Crippen LogP contribution is -2.44. The van der Waals surface area contributed by atoms with Crippen molar-refractivity contribution in [2.24, 2.45) is 0 Å². The predicted molar refractivity (Wildman–Crippen MR) is 105 cm³/mol. The van der Waals surface area contributed by atoms with Crippen LogP contribution in [0.3, 0.4) is 0 Å². The van der Waals surface area contributed by atoms with Crippen molar-refractivity contribution in [2.45, 2.75) is 38.5 Å². The quantitative estimate of drug-likeness (QED) is 0.463. The number of aromatic nitrogens is 2. The maximum atomic E-state index is 13.3. The van der Waals surface area contributed by atoms with Crippen LogP contribution in [-0.2, 0) is 34.7 Å². The van der Waals surface area contributed by atoms with Gasteiger partial charge < -0.3 is 24.3 Å². The van der Waals surface area contributed by atoms with E-state index in [1.54, 1.807) is 29.7 Å². The van der Waals surface area contributed by atoms with E-state index in [4.69, 9.17) is 14.5 Å². The van der Waals surface area contributed by atoms with Crippen molar-refractivity contribution in [2.75, 3.05) is 6.61 Å². The van der Waals surface area contributed by atoms with Gasteiger partial charge in [-0.15, -0.1) is 0 Å². The molecule has 0 amide bonds. The summed E-state index contributed by atoms with van der Waals surface area (Å²) in [6, 6.07) is 4.98. The van der Waals surface area contributed by atoms with Crippen LogP contribution in [0.4, 0.5) is 0 Å². The fourth-order valence-corrected chi connectivity index (χ4v) is 4.90. The average Bonchev–Trinajstić information content (AvgIpc) is 3.13. The molecule has 5 heterocycles. The Hall–Kier alpha value is -3.39. The van der Waals surface area contributed by atoms with Gasteiger partial charge in [-0.3, -0.25) is 4.79 Å². The molecule has 0 radical (unpaired) electrons. The van der Waals surface area contributed by atoms with Crippen LogP contribution in [0.2, 0.25) is 0 Å². The summed E-state index contributed by atoms with van der Waals surface area (Å²) in [4.78, 5) is 30.3. The molecule has 6 rings (SSSR count). The van der Waals surface area contributed by atoms with E-state index in [-0.39, 0.29) is 24.3 Å². The summed E-state index contributed by atoms with van der Waals surface area (Å²) in [6.07, 6.45) is 0.742. The number of pyridine rings is 2. The number of phenolic OH excluding ortho intramolecular Hbond substituents is 1. The van der Waals surface area contributed by atoms with Gasteiger partial charge in [0.25, 0.3) is 5.56 Å². The Morgan fingerprint density at radius 2 is 2.03 bits per heavy atom. The van der Waals surface area contributed by atoms with Gasteiger partial charge in [0, 0.05) is 22.9 Å². The number of rotatable bonds is 1. The number of aliphatic hydroxyl groups is 1. The van der Waals surface area contributed by atoms with Crippen LogP contribution in [0.5, 0.6) is 11.5 Å². The minimum absolute atomic E-state index is 0.0667. The molecule has 0 unspecified atom stereocenters. The van der Waals surface area contributed by atoms with E-state index in [0.29, 0.717) is 53.4 Å². The van der Waals surface area contributed by atoms with Crippen LogP contribution < -0.4 is 10.3 Å². The van der Waals surface area contributed by atoms with Crippen molar-refractivity contribution in [3.8, 4) is 22.9 Å². The Labute approximate surface area is 170 Å². The molecule has 0 saturated heterocycles. The smallest absolute Gasteiger partial charge is 0.343 e. The van der Waals surface area contributed by atoms with E-state index in [2.05, 4.69) is 0 Å². The maximum Gasteiger partial charge on any atom is 0.343 e. The van der Waals surface area contributed by atoms with Crippen molar-refractivity contribution in [3.63, 3.8) is 0 Å². The highest BCUT2D eigenvalue weighted by Crippen LogP contribution is 2.45. The number of cyclic esters (lactones) is 1. The highest BCUT2D eigenvalue weighted by molar-refractivity contribution is 5.95. The third kappa shape index (κ3) is 1.96. The van der Waals surface area contributed by atoms with Gasteiger partial charge in [0.1, 0.15) is 6.61 Å². The molecule has 3 aromatic rings. The summed E-state index contributed by atoms with van der Waals surface area (Å²) in [7, 11) is 0. The molecule has 1 aromatic carbocycles. The van der Waals surface area contributed by atoms with Gasteiger partial charge in [-0.2, -0.15) is 0 Å². The number of phenols is 1. The Morgan fingerprint density at radius 1 is 1.20 bits per heavy atom. The molecular formula is C22H18N2O6. The van der Waals surface area contributed by atoms with E-state index >= 15 is 0 Å². The molecule has 8 heteroatoms. The molecule has 152 valence electrons. The summed E-state index contributed by atoms with van der Waals surface area (Å²) in [5.74, 6) is -0.248. The van der Waals surface area contributed by atoms with Gasteiger partial charge >= 0.3 is 5.97 Å². The molecule has 3 aliphatic rings. The van der Waals surface area contributed by atoms with E-state index in [1.807, 2.05) is 0 Å². The number of fused-ring (bicyclic) bond motifs is 5. The maximum absolute atomic E-state index is 13.3. The first-order valence-corrected chi connectivity index (χ1v) is 9.91. The first-order valence-electron chi connectivity index (χ1n) is 9.91. The minimum Gasteiger partial charge on any atom is -0.504 e. The SMILES string of the molecule is CC[C@@]1(O)C(=O)OCc2c1cc1n(c2=O)Cc2c-1nc1ccc(O)c3c1c2CCO3. The average molecular weight is 406 g/mol. The van der Waals surface area contributed by atoms with Gasteiger partial charge in [0.05, 0.1) is 35.6 Å². The van der Waals surface area contributed by atoms with Crippen LogP contribution in [-0.4, -0.2) is 32.3 Å². The summed E-state index contributed by atoms with van der Waals surface area (Å²) in [6.45, 7) is 2.29. The molecule has 0 spiro atoms. The molecule has 1 atom stereocenters. The lowest BCUT2D eigenvalue weighted by atomic mass is 9.86. The number of esters is 1. The van der Waals surface area contributed by atoms with E-state index < -0.39 is 11.6 Å². The molecule has 0 bridgehead atoms. The lowest BCUT2D eigenvalue weighted by molar-refractivity contribution is -0.172. The number of carbonyl (C=O) groups excluding carboxylic acids is 1. The minimum atomic E-state index is -1.84. The molecular weight excluding hydrogens is 388 g/mol. The summed E-state index contributed by atoms with van der Waals surface area (Å²) < 4.78 is 12.4. The second-order valence-electron chi connectivity index (χ2n) is 7.93. The second kappa shape index (κ2) is 5.60. The number of benzene rings is 1. The lowest BCUT2D eigenvalue weighted by Gasteiger charge is -2.31. The number of nitrogens with zero attached hydrogens (tertiary/aromatic N) is 2. The third-order valence-corrected chi connectivity index (χ3v) is 6.50. The molecule has 0 saturated carbocycles.